The molecule has 2 nitrogen and oxygen atoms in total. The number of methoxy groups -OCH3 is 1. The molecule has 0 bridgehead atoms. The molecular weight excluding hydrogens is 302 g/mol. The number of anilines is 1. The van der Waals surface area contributed by atoms with Crippen molar-refractivity contribution >= 4 is 38.7 Å². The monoisotopic (exact) mass is 317 g/mol. The average molecular weight is 318 g/mol. The molecule has 1 N–H and O–H groups in total. The van der Waals surface area contributed by atoms with E-state index < -0.39 is 0 Å². The van der Waals surface area contributed by atoms with Gasteiger partial charge >= 0.3 is 0 Å². The Morgan fingerprint density at radius 3 is 2.67 bits per heavy atom. The number of thiophene rings is 1. The van der Waals surface area contributed by atoms with Crippen molar-refractivity contribution in [2.24, 2.45) is 0 Å². The molecule has 3 rings (SSSR count). The van der Waals surface area contributed by atoms with Crippen LogP contribution in [-0.2, 0) is 17.9 Å². The first-order chi connectivity index (χ1) is 10.3. The molecule has 4 heteroatoms. The number of nitrogens with one attached hydrogen (secondary N) is 1. The molecule has 0 fully saturated rings. The second kappa shape index (κ2) is 6.48. The minimum atomic E-state index is 0.601. The van der Waals surface area contributed by atoms with Gasteiger partial charge in [0.25, 0.3) is 0 Å². The highest BCUT2D eigenvalue weighted by molar-refractivity contribution is 7.19. The van der Waals surface area contributed by atoms with Gasteiger partial charge in [0, 0.05) is 33.3 Å². The van der Waals surface area contributed by atoms with Gasteiger partial charge in [-0.25, -0.2) is 0 Å². The van der Waals surface area contributed by atoms with Crippen molar-refractivity contribution in [1.82, 2.24) is 0 Å². The van der Waals surface area contributed by atoms with E-state index >= 15 is 0 Å². The van der Waals surface area contributed by atoms with E-state index in [9.17, 15) is 0 Å². The summed E-state index contributed by atoms with van der Waals surface area (Å²) in [5, 5.41) is 5.45. The van der Waals surface area contributed by atoms with Gasteiger partial charge in [0.1, 0.15) is 0 Å². The van der Waals surface area contributed by atoms with Gasteiger partial charge in [-0.3, -0.25) is 0 Å². The van der Waals surface area contributed by atoms with Crippen molar-refractivity contribution in [3.05, 3.63) is 64.0 Å². The van der Waals surface area contributed by atoms with E-state index in [4.69, 9.17) is 16.3 Å². The number of ether oxygens (including phenoxy) is 1. The van der Waals surface area contributed by atoms with E-state index in [1.54, 1.807) is 18.4 Å². The van der Waals surface area contributed by atoms with Crippen LogP contribution in [0.4, 0.5) is 5.69 Å². The molecule has 0 unspecified atom stereocenters. The Balaban J connectivity index is 1.82. The van der Waals surface area contributed by atoms with Crippen LogP contribution in [0.25, 0.3) is 10.1 Å². The van der Waals surface area contributed by atoms with Crippen molar-refractivity contribution in [2.45, 2.75) is 13.2 Å². The highest BCUT2D eigenvalue weighted by Gasteiger charge is 2.10. The minimum absolute atomic E-state index is 0.601. The third kappa shape index (κ3) is 3.05. The topological polar surface area (TPSA) is 21.3 Å². The van der Waals surface area contributed by atoms with Crippen molar-refractivity contribution in [2.75, 3.05) is 12.4 Å². The summed E-state index contributed by atoms with van der Waals surface area (Å²) in [6, 6.07) is 16.4. The normalized spacial score (nSPS) is 11.0. The lowest BCUT2D eigenvalue weighted by molar-refractivity contribution is 0.185. The van der Waals surface area contributed by atoms with Gasteiger partial charge in [-0.1, -0.05) is 48.0 Å². The third-order valence-corrected chi connectivity index (χ3v) is 5.07. The molecule has 3 aromatic rings. The fraction of sp³-hybridized carbons (Fsp3) is 0.176. The summed E-state index contributed by atoms with van der Waals surface area (Å²) in [6.07, 6.45) is 0. The summed E-state index contributed by atoms with van der Waals surface area (Å²) in [7, 11) is 1.71. The number of fused-ring (bicyclic) bond motifs is 1. The van der Waals surface area contributed by atoms with Crippen LogP contribution >= 0.6 is 22.9 Å². The first-order valence-corrected chi connectivity index (χ1v) is 7.95. The quantitative estimate of drug-likeness (QED) is 0.688. The maximum Gasteiger partial charge on any atom is 0.0733 e. The van der Waals surface area contributed by atoms with Crippen LogP contribution in [0.1, 0.15) is 10.4 Å². The lowest BCUT2D eigenvalue weighted by Gasteiger charge is -2.10. The summed E-state index contributed by atoms with van der Waals surface area (Å²) in [5.41, 5.74) is 2.24. The van der Waals surface area contributed by atoms with E-state index in [-0.39, 0.29) is 0 Å². The molecule has 1 aromatic heterocycles. The summed E-state index contributed by atoms with van der Waals surface area (Å²) in [4.78, 5) is 1.16. The Bertz CT molecular complexity index is 753. The van der Waals surface area contributed by atoms with Crippen molar-refractivity contribution in [1.29, 1.82) is 0 Å². The van der Waals surface area contributed by atoms with Gasteiger partial charge in [0.15, 0.2) is 0 Å². The van der Waals surface area contributed by atoms with E-state index in [1.807, 2.05) is 24.3 Å². The van der Waals surface area contributed by atoms with Gasteiger partial charge in [-0.15, -0.1) is 11.3 Å². The zero-order valence-corrected chi connectivity index (χ0v) is 13.3. The van der Waals surface area contributed by atoms with E-state index in [1.165, 1.54) is 4.70 Å². The number of benzene rings is 2. The third-order valence-electron chi connectivity index (χ3n) is 3.36. The van der Waals surface area contributed by atoms with Crippen LogP contribution < -0.4 is 5.32 Å². The van der Waals surface area contributed by atoms with Crippen LogP contribution in [0.2, 0.25) is 5.02 Å². The smallest absolute Gasteiger partial charge is 0.0733 e. The molecule has 0 amide bonds. The summed E-state index contributed by atoms with van der Waals surface area (Å²) in [5.74, 6) is 0. The second-order valence-corrected chi connectivity index (χ2v) is 6.29. The molecule has 108 valence electrons. The number of hydrogen-bond acceptors (Lipinski definition) is 3. The SMILES string of the molecule is COCc1ccccc1NCc1sc2ccccc2c1Cl. The molecule has 0 atom stereocenters. The fourth-order valence-corrected chi connectivity index (χ4v) is 3.77. The molecular formula is C17H16ClNOS. The predicted molar refractivity (Wildman–Crippen MR) is 91.3 cm³/mol. The Morgan fingerprint density at radius 1 is 1.10 bits per heavy atom. The highest BCUT2D eigenvalue weighted by Crippen LogP contribution is 2.35. The minimum Gasteiger partial charge on any atom is -0.380 e. The van der Waals surface area contributed by atoms with Gasteiger partial charge in [0.2, 0.25) is 0 Å². The van der Waals surface area contributed by atoms with Crippen LogP contribution in [0, 0.1) is 0 Å². The van der Waals surface area contributed by atoms with Gasteiger partial charge in [-0.05, 0) is 12.1 Å². The first-order valence-electron chi connectivity index (χ1n) is 6.76. The average Bonchev–Trinajstić information content (AvgIpc) is 2.84. The Hall–Kier alpha value is -1.55. The van der Waals surface area contributed by atoms with E-state index in [0.29, 0.717) is 6.61 Å². The molecule has 2 aromatic carbocycles. The van der Waals surface area contributed by atoms with Crippen molar-refractivity contribution in [3.63, 3.8) is 0 Å². The zero-order valence-electron chi connectivity index (χ0n) is 11.7. The van der Waals surface area contributed by atoms with Crippen LogP contribution in [0.15, 0.2) is 48.5 Å². The maximum absolute atomic E-state index is 6.47. The van der Waals surface area contributed by atoms with Gasteiger partial charge in [-0.2, -0.15) is 0 Å². The molecule has 0 aliphatic carbocycles. The van der Waals surface area contributed by atoms with Gasteiger partial charge in [0.05, 0.1) is 18.2 Å². The lowest BCUT2D eigenvalue weighted by atomic mass is 10.2. The number of para-hydroxylation sites is 1. The standard InChI is InChI=1S/C17H16ClNOS/c1-20-11-12-6-2-4-8-14(12)19-10-16-17(18)13-7-3-5-9-15(13)21-16/h2-9,19H,10-11H2,1H3. The number of halogens is 1. The van der Waals surface area contributed by atoms with E-state index in [2.05, 4.69) is 29.6 Å². The number of hydrogen-bond donors (Lipinski definition) is 1. The number of rotatable bonds is 5. The van der Waals surface area contributed by atoms with E-state index in [0.717, 1.165) is 33.1 Å². The Kier molecular flexibility index (Phi) is 4.44. The van der Waals surface area contributed by atoms with Crippen molar-refractivity contribution in [3.8, 4) is 0 Å². The molecule has 0 spiro atoms. The second-order valence-electron chi connectivity index (χ2n) is 4.78. The zero-order chi connectivity index (χ0) is 14.7. The molecule has 0 aliphatic heterocycles. The fourth-order valence-electron chi connectivity index (χ4n) is 2.33. The largest absolute Gasteiger partial charge is 0.380 e. The van der Waals surface area contributed by atoms with Gasteiger partial charge < -0.3 is 10.1 Å². The summed E-state index contributed by atoms with van der Waals surface area (Å²) < 4.78 is 6.46. The molecule has 0 saturated heterocycles. The Labute approximate surface area is 133 Å². The molecule has 0 aliphatic rings. The maximum atomic E-state index is 6.47. The summed E-state index contributed by atoms with van der Waals surface area (Å²) >= 11 is 8.21. The molecule has 0 saturated carbocycles. The van der Waals surface area contributed by atoms with Crippen molar-refractivity contribution < 1.29 is 4.74 Å². The lowest BCUT2D eigenvalue weighted by Crippen LogP contribution is -2.02. The molecule has 21 heavy (non-hydrogen) atoms. The predicted octanol–water partition coefficient (Wildman–Crippen LogP) is 5.31. The van der Waals surface area contributed by atoms with Crippen LogP contribution in [0.5, 0.6) is 0 Å². The Morgan fingerprint density at radius 2 is 1.86 bits per heavy atom. The summed E-state index contributed by atoms with van der Waals surface area (Å²) in [6.45, 7) is 1.32. The molecule has 1 heterocycles. The first kappa shape index (κ1) is 14.4. The molecule has 0 radical (unpaired) electrons. The highest BCUT2D eigenvalue weighted by atomic mass is 35.5. The van der Waals surface area contributed by atoms with Crippen LogP contribution in [0.3, 0.4) is 0 Å². The van der Waals surface area contributed by atoms with Crippen LogP contribution in [-0.4, -0.2) is 7.11 Å².